The lowest BCUT2D eigenvalue weighted by Gasteiger charge is -2.15. The molecule has 2 rings (SSSR count). The highest BCUT2D eigenvalue weighted by atomic mass is 16.6. The van der Waals surface area contributed by atoms with Crippen LogP contribution in [-0.2, 0) is 14.3 Å². The number of nitrogens with zero attached hydrogens (tertiary/aromatic N) is 1. The first kappa shape index (κ1) is 15.7. The number of amides is 1. The first-order valence-corrected chi connectivity index (χ1v) is 6.76. The number of carbonyl (C=O) groups is 2. The minimum atomic E-state index is -0.989. The number of non-ortho nitro benzene ring substituents is 1. The fourth-order valence-electron chi connectivity index (χ4n) is 1.78. The molecule has 1 N–H and O–H groups in total. The van der Waals surface area contributed by atoms with E-state index in [-0.39, 0.29) is 23.0 Å². The van der Waals surface area contributed by atoms with Gasteiger partial charge in [0.1, 0.15) is 5.75 Å². The average Bonchev–Trinajstić information content (AvgIpc) is 3.31. The van der Waals surface area contributed by atoms with Gasteiger partial charge in [0.05, 0.1) is 23.6 Å². The molecule has 0 unspecified atom stereocenters. The molecule has 0 aromatic heterocycles. The maximum absolute atomic E-state index is 12.0. The number of rotatable bonds is 6. The van der Waals surface area contributed by atoms with E-state index in [9.17, 15) is 19.7 Å². The Labute approximate surface area is 126 Å². The topological polar surface area (TPSA) is 108 Å². The molecule has 0 bridgehead atoms. The van der Waals surface area contributed by atoms with Crippen LogP contribution in [0.5, 0.6) is 5.75 Å². The van der Waals surface area contributed by atoms with Gasteiger partial charge in [-0.1, -0.05) is 0 Å². The van der Waals surface area contributed by atoms with Crippen molar-refractivity contribution in [1.82, 2.24) is 0 Å². The second-order valence-corrected chi connectivity index (χ2v) is 4.98. The summed E-state index contributed by atoms with van der Waals surface area (Å²) in [5.74, 6) is -0.802. The fraction of sp³-hybridized carbons (Fsp3) is 0.429. The van der Waals surface area contributed by atoms with Crippen LogP contribution in [0.15, 0.2) is 18.2 Å². The molecule has 1 aliphatic rings. The van der Waals surface area contributed by atoms with Gasteiger partial charge < -0.3 is 14.8 Å². The minimum absolute atomic E-state index is 0.109. The standard InChI is InChI=1S/C14H16N2O6/c1-8(22-14(18)9-3-4-9)13(17)15-11-7-10(16(19)20)5-6-12(11)21-2/h5-9H,3-4H2,1-2H3,(H,15,17)/t8-/m1/s1. The molecule has 8 nitrogen and oxygen atoms in total. The molecule has 0 spiro atoms. The number of carbonyl (C=O) groups excluding carboxylic acids is 2. The number of hydrogen-bond donors (Lipinski definition) is 1. The molecule has 1 amide bonds. The molecule has 1 fully saturated rings. The van der Waals surface area contributed by atoms with Gasteiger partial charge in [-0.05, 0) is 25.8 Å². The highest BCUT2D eigenvalue weighted by Crippen LogP contribution is 2.31. The predicted octanol–water partition coefficient (Wildman–Crippen LogP) is 1.88. The third kappa shape index (κ3) is 3.72. The minimum Gasteiger partial charge on any atom is -0.495 e. The van der Waals surface area contributed by atoms with Crippen LogP contribution in [0, 0.1) is 16.0 Å². The molecular weight excluding hydrogens is 292 g/mol. The monoisotopic (exact) mass is 308 g/mol. The van der Waals surface area contributed by atoms with Crippen LogP contribution in [-0.4, -0.2) is 30.0 Å². The normalized spacial score (nSPS) is 14.8. The summed E-state index contributed by atoms with van der Waals surface area (Å²) in [7, 11) is 1.38. The second kappa shape index (κ2) is 6.42. The van der Waals surface area contributed by atoms with Crippen LogP contribution in [0.1, 0.15) is 19.8 Å². The smallest absolute Gasteiger partial charge is 0.309 e. The number of hydrogen-bond acceptors (Lipinski definition) is 6. The molecule has 1 aliphatic carbocycles. The van der Waals surface area contributed by atoms with E-state index in [1.54, 1.807) is 0 Å². The number of ether oxygens (including phenoxy) is 2. The highest BCUT2D eigenvalue weighted by molar-refractivity contribution is 5.96. The lowest BCUT2D eigenvalue weighted by molar-refractivity contribution is -0.384. The SMILES string of the molecule is COc1ccc([N+](=O)[O-])cc1NC(=O)[C@@H](C)OC(=O)C1CC1. The van der Waals surface area contributed by atoms with Gasteiger partial charge in [-0.3, -0.25) is 19.7 Å². The molecule has 0 aliphatic heterocycles. The van der Waals surface area contributed by atoms with Gasteiger partial charge >= 0.3 is 5.97 Å². The summed E-state index contributed by atoms with van der Waals surface area (Å²) in [4.78, 5) is 33.8. The van der Waals surface area contributed by atoms with Crippen LogP contribution in [0.2, 0.25) is 0 Å². The van der Waals surface area contributed by atoms with Gasteiger partial charge in [0.25, 0.3) is 11.6 Å². The number of benzene rings is 1. The Bertz CT molecular complexity index is 611. The van der Waals surface area contributed by atoms with Crippen molar-refractivity contribution < 1.29 is 24.0 Å². The Morgan fingerprint density at radius 2 is 2.09 bits per heavy atom. The summed E-state index contributed by atoms with van der Waals surface area (Å²) in [5, 5.41) is 13.3. The molecule has 1 aromatic rings. The van der Waals surface area contributed by atoms with E-state index >= 15 is 0 Å². The van der Waals surface area contributed by atoms with E-state index in [2.05, 4.69) is 5.32 Å². The zero-order chi connectivity index (χ0) is 16.3. The van der Waals surface area contributed by atoms with Gasteiger partial charge in [0.2, 0.25) is 0 Å². The van der Waals surface area contributed by atoms with Crippen molar-refractivity contribution >= 4 is 23.3 Å². The number of esters is 1. The second-order valence-electron chi connectivity index (χ2n) is 4.98. The molecule has 1 aromatic carbocycles. The van der Waals surface area contributed by atoms with Gasteiger partial charge in [-0.25, -0.2) is 0 Å². The van der Waals surface area contributed by atoms with Gasteiger partial charge in [0, 0.05) is 12.1 Å². The molecular formula is C14H16N2O6. The quantitative estimate of drug-likeness (QED) is 0.488. The van der Waals surface area contributed by atoms with Crippen LogP contribution in [0.4, 0.5) is 11.4 Å². The fourth-order valence-corrected chi connectivity index (χ4v) is 1.78. The van der Waals surface area contributed by atoms with E-state index in [0.717, 1.165) is 12.8 Å². The zero-order valence-corrected chi connectivity index (χ0v) is 12.2. The Morgan fingerprint density at radius 3 is 2.64 bits per heavy atom. The molecule has 118 valence electrons. The summed E-state index contributed by atoms with van der Waals surface area (Å²) in [5.41, 5.74) is -0.0326. The maximum atomic E-state index is 12.0. The maximum Gasteiger partial charge on any atom is 0.309 e. The molecule has 0 heterocycles. The highest BCUT2D eigenvalue weighted by Gasteiger charge is 2.33. The van der Waals surface area contributed by atoms with E-state index in [1.165, 1.54) is 32.2 Å². The Balaban J connectivity index is 2.07. The predicted molar refractivity (Wildman–Crippen MR) is 76.6 cm³/mol. The first-order chi connectivity index (χ1) is 10.4. The van der Waals surface area contributed by atoms with E-state index in [0.29, 0.717) is 0 Å². The molecule has 8 heteroatoms. The third-order valence-corrected chi connectivity index (χ3v) is 3.22. The lowest BCUT2D eigenvalue weighted by Crippen LogP contribution is -2.30. The van der Waals surface area contributed by atoms with Crippen LogP contribution in [0.3, 0.4) is 0 Å². The van der Waals surface area contributed by atoms with Gasteiger partial charge in [-0.2, -0.15) is 0 Å². The van der Waals surface area contributed by atoms with Crippen molar-refractivity contribution in [2.24, 2.45) is 5.92 Å². The Hall–Kier alpha value is -2.64. The summed E-state index contributed by atoms with van der Waals surface area (Å²) < 4.78 is 10.1. The van der Waals surface area contributed by atoms with E-state index in [4.69, 9.17) is 9.47 Å². The number of methoxy groups -OCH3 is 1. The largest absolute Gasteiger partial charge is 0.495 e. The Kier molecular flexibility index (Phi) is 4.59. The molecule has 0 saturated heterocycles. The molecule has 1 saturated carbocycles. The van der Waals surface area contributed by atoms with Crippen molar-refractivity contribution in [2.45, 2.75) is 25.9 Å². The zero-order valence-electron chi connectivity index (χ0n) is 12.2. The van der Waals surface area contributed by atoms with Crippen LogP contribution >= 0.6 is 0 Å². The van der Waals surface area contributed by atoms with Gasteiger partial charge in [-0.15, -0.1) is 0 Å². The van der Waals surface area contributed by atoms with Crippen LogP contribution in [0.25, 0.3) is 0 Å². The lowest BCUT2D eigenvalue weighted by atomic mass is 10.2. The number of anilines is 1. The molecule has 0 radical (unpaired) electrons. The van der Waals surface area contributed by atoms with Crippen molar-refractivity contribution in [1.29, 1.82) is 0 Å². The summed E-state index contributed by atoms with van der Waals surface area (Å²) in [6.45, 7) is 1.44. The summed E-state index contributed by atoms with van der Waals surface area (Å²) >= 11 is 0. The van der Waals surface area contributed by atoms with Gasteiger partial charge in [0.15, 0.2) is 6.10 Å². The summed E-state index contributed by atoms with van der Waals surface area (Å²) in [6, 6.07) is 3.84. The molecule has 1 atom stereocenters. The summed E-state index contributed by atoms with van der Waals surface area (Å²) in [6.07, 6.45) is 0.578. The number of nitro benzene ring substituents is 1. The first-order valence-electron chi connectivity index (χ1n) is 6.76. The average molecular weight is 308 g/mol. The van der Waals surface area contributed by atoms with Crippen molar-refractivity contribution in [2.75, 3.05) is 12.4 Å². The van der Waals surface area contributed by atoms with Crippen molar-refractivity contribution in [3.8, 4) is 5.75 Å². The Morgan fingerprint density at radius 1 is 1.41 bits per heavy atom. The number of nitrogens with one attached hydrogen (secondary N) is 1. The van der Waals surface area contributed by atoms with E-state index in [1.807, 2.05) is 0 Å². The van der Waals surface area contributed by atoms with Crippen LogP contribution < -0.4 is 10.1 Å². The molecule has 22 heavy (non-hydrogen) atoms. The van der Waals surface area contributed by atoms with Crippen molar-refractivity contribution in [3.63, 3.8) is 0 Å². The van der Waals surface area contributed by atoms with Crippen molar-refractivity contribution in [3.05, 3.63) is 28.3 Å². The number of nitro groups is 1. The van der Waals surface area contributed by atoms with E-state index < -0.39 is 22.9 Å². The third-order valence-electron chi connectivity index (χ3n) is 3.22.